The second-order valence-electron chi connectivity index (χ2n) is 16.9. The smallest absolute Gasteiger partial charge is 0.306 e. The number of allylic oxidation sites excluding steroid dienone is 4. The molecule has 4 aliphatic carbocycles. The maximum absolute atomic E-state index is 13.0. The summed E-state index contributed by atoms with van der Waals surface area (Å²) in [5.74, 6) is 1.55. The van der Waals surface area contributed by atoms with Crippen LogP contribution in [0.2, 0.25) is 0 Å². The summed E-state index contributed by atoms with van der Waals surface area (Å²) in [5, 5.41) is 14.1. The number of carbonyl (C=O) groups excluding carboxylic acids is 2. The van der Waals surface area contributed by atoms with Crippen LogP contribution in [-0.4, -0.2) is 18.0 Å². The van der Waals surface area contributed by atoms with Gasteiger partial charge in [-0.3, -0.25) is 9.59 Å². The highest BCUT2D eigenvalue weighted by atomic mass is 16.5. The van der Waals surface area contributed by atoms with Crippen LogP contribution in [0.1, 0.15) is 138 Å². The Kier molecular flexibility index (Phi) is 9.89. The van der Waals surface area contributed by atoms with Crippen molar-refractivity contribution in [2.45, 2.75) is 145 Å². The van der Waals surface area contributed by atoms with Crippen molar-refractivity contribution in [2.75, 3.05) is 0 Å². The van der Waals surface area contributed by atoms with Crippen LogP contribution in [0.4, 0.5) is 0 Å². The van der Waals surface area contributed by atoms with E-state index in [4.69, 9.17) is 4.74 Å². The number of nitrogens with zero attached hydrogens (tertiary/aromatic N) is 1. The van der Waals surface area contributed by atoms with Crippen LogP contribution in [-0.2, 0) is 20.9 Å². The van der Waals surface area contributed by atoms with E-state index < -0.39 is 0 Å². The minimum Gasteiger partial charge on any atom is -0.619 e. The second kappa shape index (κ2) is 13.1. The first-order valence-electron chi connectivity index (χ1n) is 18.1. The van der Waals surface area contributed by atoms with Crippen LogP contribution in [0.25, 0.3) is 0 Å². The van der Waals surface area contributed by atoms with E-state index in [0.717, 1.165) is 36.7 Å². The monoisotopic (exact) mass is 632 g/mol. The van der Waals surface area contributed by atoms with E-state index in [1.807, 2.05) is 0 Å². The molecule has 6 heteroatoms. The molecule has 0 bridgehead atoms. The number of amides is 1. The van der Waals surface area contributed by atoms with Gasteiger partial charge >= 0.3 is 5.97 Å². The Balaban J connectivity index is 1.22. The van der Waals surface area contributed by atoms with Crippen molar-refractivity contribution in [1.82, 2.24) is 5.32 Å². The highest BCUT2D eigenvalue weighted by Crippen LogP contribution is 2.72. The molecule has 0 radical (unpaired) electrons. The van der Waals surface area contributed by atoms with E-state index in [-0.39, 0.29) is 47.1 Å². The molecule has 7 atom stereocenters. The van der Waals surface area contributed by atoms with E-state index >= 15 is 0 Å². The number of fused-ring (bicyclic) bond motifs is 4. The molecule has 2 fully saturated rings. The van der Waals surface area contributed by atoms with Gasteiger partial charge in [-0.2, -0.15) is 4.73 Å². The minimum absolute atomic E-state index is 0.0792. The van der Waals surface area contributed by atoms with Gasteiger partial charge in [0, 0.05) is 30.5 Å². The summed E-state index contributed by atoms with van der Waals surface area (Å²) in [7, 11) is 0. The Morgan fingerprint density at radius 3 is 2.41 bits per heavy atom. The standard InChI is InChI=1S/C40H60N2O4/c1-27(2)10-9-11-28(3)30-16-22-40(8)32-12-13-33-37(4,5)34(18-21-38(33,6)31(32)17-23-39(30,40)7)46-36(44)15-14-35(43)41-26-29-19-24-42(45)25-20-29/h10,19-20,24-25,28,30,33-34H,9,11-18,21-23,26H2,1-8H3,(H,41,43)/t28-,30-,33+,34+,38-,39-,40+/m1/s1. The maximum atomic E-state index is 13.0. The third-order valence-corrected chi connectivity index (χ3v) is 13.8. The molecule has 2 saturated carbocycles. The van der Waals surface area contributed by atoms with Crippen LogP contribution in [0.5, 0.6) is 0 Å². The van der Waals surface area contributed by atoms with Gasteiger partial charge in [-0.05, 0) is 118 Å². The average Bonchev–Trinajstić information content (AvgIpc) is 3.28. The zero-order valence-corrected chi connectivity index (χ0v) is 30.0. The van der Waals surface area contributed by atoms with Gasteiger partial charge in [0.15, 0.2) is 12.4 Å². The zero-order chi connectivity index (χ0) is 33.5. The largest absolute Gasteiger partial charge is 0.619 e. The van der Waals surface area contributed by atoms with Crippen LogP contribution in [0.15, 0.2) is 47.3 Å². The number of aromatic nitrogens is 1. The van der Waals surface area contributed by atoms with Crippen LogP contribution in [0, 0.1) is 44.6 Å². The molecule has 1 N–H and O–H groups in total. The number of esters is 1. The summed E-state index contributed by atoms with van der Waals surface area (Å²) in [4.78, 5) is 25.5. The molecule has 0 aliphatic heterocycles. The lowest BCUT2D eigenvalue weighted by Crippen LogP contribution is -2.55. The van der Waals surface area contributed by atoms with Gasteiger partial charge in [-0.15, -0.1) is 0 Å². The third-order valence-electron chi connectivity index (χ3n) is 13.8. The number of rotatable bonds is 10. The molecule has 6 nitrogen and oxygen atoms in total. The summed E-state index contributed by atoms with van der Waals surface area (Å²) in [5.41, 5.74) is 6.52. The van der Waals surface area contributed by atoms with Gasteiger partial charge in [-0.1, -0.05) is 64.3 Å². The molecular formula is C40H60N2O4. The van der Waals surface area contributed by atoms with Crippen molar-refractivity contribution in [3.8, 4) is 0 Å². The van der Waals surface area contributed by atoms with E-state index in [1.54, 1.807) is 23.3 Å². The topological polar surface area (TPSA) is 82.3 Å². The molecule has 1 aromatic heterocycles. The summed E-state index contributed by atoms with van der Waals surface area (Å²) in [6.45, 7) is 19.7. The van der Waals surface area contributed by atoms with E-state index in [0.29, 0.717) is 22.6 Å². The molecular weight excluding hydrogens is 572 g/mol. The molecule has 1 aromatic rings. The quantitative estimate of drug-likeness (QED) is 0.121. The van der Waals surface area contributed by atoms with Gasteiger partial charge in [0.05, 0.1) is 6.42 Å². The van der Waals surface area contributed by atoms with Crippen LogP contribution >= 0.6 is 0 Å². The summed E-state index contributed by atoms with van der Waals surface area (Å²) < 4.78 is 6.89. The molecule has 1 amide bonds. The van der Waals surface area contributed by atoms with Crippen molar-refractivity contribution < 1.29 is 19.1 Å². The first-order chi connectivity index (χ1) is 21.6. The lowest BCUT2D eigenvalue weighted by atomic mass is 9.43. The number of carbonyl (C=O) groups is 2. The number of hydrogen-bond donors (Lipinski definition) is 1. The van der Waals surface area contributed by atoms with Gasteiger partial charge in [0.1, 0.15) is 6.10 Å². The van der Waals surface area contributed by atoms with Crippen molar-refractivity contribution in [1.29, 1.82) is 0 Å². The SMILES string of the molecule is CC(C)=CCC[C@@H](C)[C@H]1CC[C@@]2(C)C3=C(CC[C@]12C)[C@@]1(C)CC[C@H](OC(=O)CCC(=O)NCc2cc[n+]([O-])cc2)C(C)(C)[C@@H]1CC3. The van der Waals surface area contributed by atoms with Gasteiger partial charge < -0.3 is 15.3 Å². The molecule has 0 aromatic carbocycles. The number of nitrogens with one attached hydrogen (secondary N) is 1. The van der Waals surface area contributed by atoms with Gasteiger partial charge in [0.2, 0.25) is 5.91 Å². The van der Waals surface area contributed by atoms with Gasteiger partial charge in [0.25, 0.3) is 0 Å². The molecule has 0 unspecified atom stereocenters. The van der Waals surface area contributed by atoms with E-state index in [9.17, 15) is 14.8 Å². The average molecular weight is 633 g/mol. The summed E-state index contributed by atoms with van der Waals surface area (Å²) in [6.07, 6.45) is 17.3. The normalized spacial score (nSPS) is 33.7. The number of pyridine rings is 1. The fourth-order valence-electron chi connectivity index (χ4n) is 10.9. The fraction of sp³-hybridized carbons (Fsp3) is 0.725. The fourth-order valence-corrected chi connectivity index (χ4v) is 10.9. The molecule has 254 valence electrons. The summed E-state index contributed by atoms with van der Waals surface area (Å²) >= 11 is 0. The third kappa shape index (κ3) is 6.31. The Bertz CT molecular complexity index is 1360. The maximum Gasteiger partial charge on any atom is 0.306 e. The molecule has 0 spiro atoms. The molecule has 1 heterocycles. The first kappa shape index (κ1) is 34.7. The molecule has 0 saturated heterocycles. The predicted molar refractivity (Wildman–Crippen MR) is 183 cm³/mol. The molecule has 5 rings (SSSR count). The van der Waals surface area contributed by atoms with Crippen molar-refractivity contribution in [3.63, 3.8) is 0 Å². The lowest BCUT2D eigenvalue weighted by molar-refractivity contribution is -0.605. The Labute approximate surface area is 278 Å². The first-order valence-corrected chi connectivity index (χ1v) is 18.1. The van der Waals surface area contributed by atoms with Crippen molar-refractivity contribution in [2.24, 2.45) is 39.4 Å². The van der Waals surface area contributed by atoms with Crippen LogP contribution in [0.3, 0.4) is 0 Å². The van der Waals surface area contributed by atoms with Crippen molar-refractivity contribution in [3.05, 3.63) is 58.1 Å². The van der Waals surface area contributed by atoms with Crippen LogP contribution < -0.4 is 10.0 Å². The Morgan fingerprint density at radius 2 is 1.72 bits per heavy atom. The number of ether oxygens (including phenoxy) is 1. The highest BCUT2D eigenvalue weighted by molar-refractivity contribution is 5.81. The van der Waals surface area contributed by atoms with Gasteiger partial charge in [-0.25, -0.2) is 0 Å². The molecule has 46 heavy (non-hydrogen) atoms. The molecule has 4 aliphatic rings. The highest BCUT2D eigenvalue weighted by Gasteiger charge is 2.63. The van der Waals surface area contributed by atoms with Crippen molar-refractivity contribution >= 4 is 11.9 Å². The predicted octanol–water partition coefficient (Wildman–Crippen LogP) is 8.76. The number of hydrogen-bond acceptors (Lipinski definition) is 4. The van der Waals surface area contributed by atoms with E-state index in [1.165, 1.54) is 62.9 Å². The van der Waals surface area contributed by atoms with E-state index in [2.05, 4.69) is 66.8 Å². The Morgan fingerprint density at radius 1 is 1.00 bits per heavy atom. The Hall–Kier alpha value is -2.63. The zero-order valence-electron chi connectivity index (χ0n) is 30.0. The lowest BCUT2D eigenvalue weighted by Gasteiger charge is -2.62. The summed E-state index contributed by atoms with van der Waals surface area (Å²) in [6, 6.07) is 3.35. The minimum atomic E-state index is -0.281. The second-order valence-corrected chi connectivity index (χ2v) is 16.9.